The molecule has 86 valence electrons. The van der Waals surface area contributed by atoms with Crippen molar-refractivity contribution in [1.29, 1.82) is 0 Å². The van der Waals surface area contributed by atoms with E-state index in [0.717, 1.165) is 16.2 Å². The molecule has 0 aliphatic heterocycles. The Bertz CT molecular complexity index is 641. The van der Waals surface area contributed by atoms with Gasteiger partial charge in [0.25, 0.3) is 0 Å². The third kappa shape index (κ3) is 1.96. The van der Waals surface area contributed by atoms with E-state index in [1.165, 1.54) is 5.39 Å². The molecule has 0 atom stereocenters. The topological polar surface area (TPSA) is 20.2 Å². The Hall–Kier alpha value is -2.02. The van der Waals surface area contributed by atoms with Crippen LogP contribution in [0.25, 0.3) is 21.5 Å². The zero-order valence-corrected chi connectivity index (χ0v) is 10.1. The predicted octanol–water partition coefficient (Wildman–Crippen LogP) is 4.72. The molecule has 0 saturated heterocycles. The van der Waals surface area contributed by atoms with Crippen molar-refractivity contribution in [3.8, 4) is 5.75 Å². The number of phenols is 1. The van der Waals surface area contributed by atoms with Gasteiger partial charge in [-0.25, -0.2) is 0 Å². The molecule has 3 aromatic carbocycles. The van der Waals surface area contributed by atoms with Gasteiger partial charge in [-0.3, -0.25) is 0 Å². The fourth-order valence-electron chi connectivity index (χ4n) is 2.03. The lowest BCUT2D eigenvalue weighted by molar-refractivity contribution is 0.482. The molecule has 0 heterocycles. The molecule has 1 N–H and O–H groups in total. The second kappa shape index (κ2) is 4.88. The summed E-state index contributed by atoms with van der Waals surface area (Å²) in [4.78, 5) is 0. The lowest BCUT2D eigenvalue weighted by Crippen LogP contribution is -1.77. The molecule has 0 unspecified atom stereocenters. The second-order valence-corrected chi connectivity index (χ2v) is 3.66. The van der Waals surface area contributed by atoms with Crippen LogP contribution in [0.2, 0.25) is 0 Å². The molecule has 0 aliphatic rings. The van der Waals surface area contributed by atoms with Crippen LogP contribution >= 0.6 is 0 Å². The van der Waals surface area contributed by atoms with Crippen molar-refractivity contribution in [3.63, 3.8) is 0 Å². The van der Waals surface area contributed by atoms with Gasteiger partial charge in [-0.1, -0.05) is 62.4 Å². The molecule has 0 fully saturated rings. The van der Waals surface area contributed by atoms with Crippen LogP contribution in [0.15, 0.2) is 54.6 Å². The Morgan fingerprint density at radius 2 is 1.24 bits per heavy atom. The van der Waals surface area contributed by atoms with Crippen LogP contribution in [0, 0.1) is 0 Å². The minimum absolute atomic E-state index is 0.351. The van der Waals surface area contributed by atoms with E-state index >= 15 is 0 Å². The highest BCUT2D eigenvalue weighted by Gasteiger charge is 2.03. The van der Waals surface area contributed by atoms with Gasteiger partial charge < -0.3 is 5.11 Å². The van der Waals surface area contributed by atoms with Gasteiger partial charge in [0.1, 0.15) is 5.75 Å². The van der Waals surface area contributed by atoms with Gasteiger partial charge in [0, 0.05) is 5.39 Å². The summed E-state index contributed by atoms with van der Waals surface area (Å²) in [7, 11) is 0. The summed E-state index contributed by atoms with van der Waals surface area (Å²) >= 11 is 0. The number of benzene rings is 3. The van der Waals surface area contributed by atoms with Crippen LogP contribution < -0.4 is 0 Å². The number of rotatable bonds is 0. The molecule has 0 spiro atoms. The van der Waals surface area contributed by atoms with Crippen LogP contribution in [0.5, 0.6) is 5.75 Å². The maximum Gasteiger partial charge on any atom is 0.124 e. The molecule has 0 aliphatic carbocycles. The zero-order valence-electron chi connectivity index (χ0n) is 10.1. The monoisotopic (exact) mass is 224 g/mol. The summed E-state index contributed by atoms with van der Waals surface area (Å²) in [5.41, 5.74) is 0. The Morgan fingerprint density at radius 3 is 1.94 bits per heavy atom. The first kappa shape index (κ1) is 11.5. The van der Waals surface area contributed by atoms with E-state index in [1.54, 1.807) is 0 Å². The van der Waals surface area contributed by atoms with E-state index in [9.17, 15) is 5.11 Å². The van der Waals surface area contributed by atoms with Crippen LogP contribution in [-0.4, -0.2) is 5.11 Å². The van der Waals surface area contributed by atoms with E-state index < -0.39 is 0 Å². The molecule has 3 aromatic rings. The third-order valence-corrected chi connectivity index (χ3v) is 2.75. The van der Waals surface area contributed by atoms with Crippen LogP contribution in [-0.2, 0) is 0 Å². The number of phenolic OH excluding ortho intramolecular Hbond substituents is 1. The van der Waals surface area contributed by atoms with Gasteiger partial charge in [-0.2, -0.15) is 0 Å². The van der Waals surface area contributed by atoms with E-state index in [-0.39, 0.29) is 0 Å². The summed E-state index contributed by atoms with van der Waals surface area (Å²) in [6, 6.07) is 17.8. The summed E-state index contributed by atoms with van der Waals surface area (Å²) in [5, 5.41) is 14.2. The van der Waals surface area contributed by atoms with Gasteiger partial charge in [0.15, 0.2) is 0 Å². The molecule has 0 radical (unpaired) electrons. The number of hydrogen-bond acceptors (Lipinski definition) is 1. The van der Waals surface area contributed by atoms with Crippen molar-refractivity contribution in [1.82, 2.24) is 0 Å². The van der Waals surface area contributed by atoms with Crippen LogP contribution in [0.4, 0.5) is 0 Å². The van der Waals surface area contributed by atoms with Crippen molar-refractivity contribution < 1.29 is 5.11 Å². The summed E-state index contributed by atoms with van der Waals surface area (Å²) < 4.78 is 0. The standard InChI is InChI=1S/C14H10O.C2H6/c15-14-9-10-5-1-2-6-11(10)12-7-3-4-8-13(12)14;1-2/h1-9,15H;1-2H3. The van der Waals surface area contributed by atoms with Crippen molar-refractivity contribution >= 4 is 21.5 Å². The van der Waals surface area contributed by atoms with Crippen molar-refractivity contribution in [2.45, 2.75) is 13.8 Å². The molecular formula is C16H16O. The van der Waals surface area contributed by atoms with E-state index in [2.05, 4.69) is 6.07 Å². The number of fused-ring (bicyclic) bond motifs is 3. The number of aromatic hydroxyl groups is 1. The highest BCUT2D eigenvalue weighted by molar-refractivity contribution is 6.10. The summed E-state index contributed by atoms with van der Waals surface area (Å²) in [6.45, 7) is 4.00. The van der Waals surface area contributed by atoms with Crippen molar-refractivity contribution in [2.24, 2.45) is 0 Å². The second-order valence-electron chi connectivity index (χ2n) is 3.66. The zero-order chi connectivity index (χ0) is 12.3. The maximum atomic E-state index is 9.87. The fourth-order valence-corrected chi connectivity index (χ4v) is 2.03. The molecule has 3 rings (SSSR count). The van der Waals surface area contributed by atoms with Gasteiger partial charge >= 0.3 is 0 Å². The normalized spacial score (nSPS) is 10.0. The molecule has 0 amide bonds. The van der Waals surface area contributed by atoms with Crippen molar-refractivity contribution in [3.05, 3.63) is 54.6 Å². The Kier molecular flexibility index (Phi) is 3.29. The first-order chi connectivity index (χ1) is 8.36. The summed E-state index contributed by atoms with van der Waals surface area (Å²) in [6.07, 6.45) is 0. The first-order valence-corrected chi connectivity index (χ1v) is 5.96. The van der Waals surface area contributed by atoms with Gasteiger partial charge in [0.2, 0.25) is 0 Å². The average Bonchev–Trinajstić information content (AvgIpc) is 2.42. The lowest BCUT2D eigenvalue weighted by Gasteiger charge is -2.05. The average molecular weight is 224 g/mol. The Balaban J connectivity index is 0.000000514. The lowest BCUT2D eigenvalue weighted by atomic mass is 10.0. The largest absolute Gasteiger partial charge is 0.507 e. The molecule has 1 nitrogen and oxygen atoms in total. The predicted molar refractivity (Wildman–Crippen MR) is 74.5 cm³/mol. The molecule has 1 heteroatoms. The third-order valence-electron chi connectivity index (χ3n) is 2.75. The molecular weight excluding hydrogens is 208 g/mol. The molecule has 17 heavy (non-hydrogen) atoms. The van der Waals surface area contributed by atoms with Crippen molar-refractivity contribution in [2.75, 3.05) is 0 Å². The highest BCUT2D eigenvalue weighted by atomic mass is 16.3. The van der Waals surface area contributed by atoms with Crippen LogP contribution in [0.1, 0.15) is 13.8 Å². The minimum atomic E-state index is 0.351. The Labute approximate surface area is 101 Å². The van der Waals surface area contributed by atoms with Gasteiger partial charge in [-0.15, -0.1) is 0 Å². The molecule has 0 bridgehead atoms. The quantitative estimate of drug-likeness (QED) is 0.547. The molecule has 0 saturated carbocycles. The Morgan fingerprint density at radius 1 is 0.706 bits per heavy atom. The van der Waals surface area contributed by atoms with E-state index in [4.69, 9.17) is 0 Å². The molecule has 0 aromatic heterocycles. The maximum absolute atomic E-state index is 9.87. The first-order valence-electron chi connectivity index (χ1n) is 5.96. The smallest absolute Gasteiger partial charge is 0.124 e. The van der Waals surface area contributed by atoms with Gasteiger partial charge in [0.05, 0.1) is 0 Å². The highest BCUT2D eigenvalue weighted by Crippen LogP contribution is 2.32. The fraction of sp³-hybridized carbons (Fsp3) is 0.125. The van der Waals surface area contributed by atoms with E-state index in [1.807, 2.05) is 62.4 Å². The minimum Gasteiger partial charge on any atom is -0.507 e. The SMILES string of the molecule is CC.Oc1cc2ccccc2c2ccccc12. The van der Waals surface area contributed by atoms with Gasteiger partial charge in [-0.05, 0) is 22.2 Å². The summed E-state index contributed by atoms with van der Waals surface area (Å²) in [5.74, 6) is 0.351. The number of hydrogen-bond donors (Lipinski definition) is 1. The van der Waals surface area contributed by atoms with Crippen LogP contribution in [0.3, 0.4) is 0 Å². The van der Waals surface area contributed by atoms with E-state index in [0.29, 0.717) is 5.75 Å².